The van der Waals surface area contributed by atoms with Crippen LogP contribution in [0.15, 0.2) is 18.2 Å². The zero-order valence-electron chi connectivity index (χ0n) is 14.7. The average Bonchev–Trinajstić information content (AvgIpc) is 2.81. The molecule has 0 N–H and O–H groups in total. The molecule has 1 fully saturated rings. The number of hydrogen-bond acceptors (Lipinski definition) is 4. The molecule has 0 aliphatic carbocycles. The van der Waals surface area contributed by atoms with Crippen LogP contribution in [0.3, 0.4) is 0 Å². The molecule has 9 heteroatoms. The SMILES string of the molecule is COc1ccc(CC(=O)N2CCCN(S(=O)(=O)N(C)C)CC2)cc1F. The van der Waals surface area contributed by atoms with Crippen molar-refractivity contribution in [3.8, 4) is 5.75 Å². The summed E-state index contributed by atoms with van der Waals surface area (Å²) in [6.45, 7) is 1.44. The van der Waals surface area contributed by atoms with Gasteiger partial charge in [-0.2, -0.15) is 17.0 Å². The second-order valence-corrected chi connectivity index (χ2v) is 8.21. The van der Waals surface area contributed by atoms with E-state index in [0.29, 0.717) is 31.6 Å². The smallest absolute Gasteiger partial charge is 0.281 e. The first-order valence-corrected chi connectivity index (χ1v) is 9.43. The van der Waals surface area contributed by atoms with Gasteiger partial charge >= 0.3 is 0 Å². The molecule has 0 bridgehead atoms. The van der Waals surface area contributed by atoms with Crippen LogP contribution in [-0.4, -0.2) is 75.2 Å². The van der Waals surface area contributed by atoms with Gasteiger partial charge in [-0.05, 0) is 24.1 Å². The molecule has 1 aliphatic heterocycles. The number of nitrogens with zero attached hydrogens (tertiary/aromatic N) is 3. The lowest BCUT2D eigenvalue weighted by molar-refractivity contribution is -0.130. The minimum atomic E-state index is -3.48. The number of carbonyl (C=O) groups excluding carboxylic acids is 1. The van der Waals surface area contributed by atoms with E-state index >= 15 is 0 Å². The van der Waals surface area contributed by atoms with Crippen LogP contribution < -0.4 is 4.74 Å². The van der Waals surface area contributed by atoms with Crippen LogP contribution in [0.1, 0.15) is 12.0 Å². The van der Waals surface area contributed by atoms with E-state index < -0.39 is 16.0 Å². The maximum absolute atomic E-state index is 13.7. The lowest BCUT2D eigenvalue weighted by Crippen LogP contribution is -2.42. The summed E-state index contributed by atoms with van der Waals surface area (Å²) in [5.74, 6) is -0.518. The van der Waals surface area contributed by atoms with Crippen LogP contribution >= 0.6 is 0 Å². The predicted octanol–water partition coefficient (Wildman–Crippen LogP) is 0.718. The van der Waals surface area contributed by atoms with Gasteiger partial charge in [0.1, 0.15) is 0 Å². The van der Waals surface area contributed by atoms with Crippen LogP contribution in [0, 0.1) is 5.82 Å². The number of methoxy groups -OCH3 is 1. The van der Waals surface area contributed by atoms with Gasteiger partial charge in [0.05, 0.1) is 13.5 Å². The Kier molecular flexibility index (Phi) is 6.36. The minimum Gasteiger partial charge on any atom is -0.494 e. The van der Waals surface area contributed by atoms with Crippen LogP contribution in [0.25, 0.3) is 0 Å². The summed E-state index contributed by atoms with van der Waals surface area (Å²) in [6.07, 6.45) is 0.636. The van der Waals surface area contributed by atoms with Gasteiger partial charge in [0.15, 0.2) is 11.6 Å². The Labute approximate surface area is 148 Å². The zero-order valence-corrected chi connectivity index (χ0v) is 15.6. The van der Waals surface area contributed by atoms with Crippen molar-refractivity contribution >= 4 is 16.1 Å². The second kappa shape index (κ2) is 8.11. The molecule has 0 radical (unpaired) electrons. The molecule has 140 valence electrons. The van der Waals surface area contributed by atoms with Crippen molar-refractivity contribution in [2.24, 2.45) is 0 Å². The Hall–Kier alpha value is -1.71. The number of hydrogen-bond donors (Lipinski definition) is 0. The third kappa shape index (κ3) is 4.68. The zero-order chi connectivity index (χ0) is 18.6. The topological polar surface area (TPSA) is 70.2 Å². The van der Waals surface area contributed by atoms with Gasteiger partial charge in [-0.15, -0.1) is 0 Å². The van der Waals surface area contributed by atoms with E-state index in [1.807, 2.05) is 0 Å². The predicted molar refractivity (Wildman–Crippen MR) is 92.0 cm³/mol. The summed E-state index contributed by atoms with van der Waals surface area (Å²) in [5, 5.41) is 0. The van der Waals surface area contributed by atoms with Gasteiger partial charge < -0.3 is 9.64 Å². The van der Waals surface area contributed by atoms with Gasteiger partial charge in [0.2, 0.25) is 5.91 Å². The standard InChI is InChI=1S/C16H24FN3O4S/c1-18(2)25(22,23)20-8-4-7-19(9-10-20)16(21)12-13-5-6-15(24-3)14(17)11-13/h5-6,11H,4,7-10,12H2,1-3H3. The third-order valence-corrected chi connectivity index (χ3v) is 6.11. The molecule has 1 saturated heterocycles. The highest BCUT2D eigenvalue weighted by Gasteiger charge is 2.28. The molecule has 1 amide bonds. The molecule has 7 nitrogen and oxygen atoms in total. The Morgan fingerprint density at radius 3 is 2.56 bits per heavy atom. The van der Waals surface area contributed by atoms with Crippen LogP contribution in [0.5, 0.6) is 5.75 Å². The van der Waals surface area contributed by atoms with E-state index in [2.05, 4.69) is 0 Å². The maximum atomic E-state index is 13.7. The van der Waals surface area contributed by atoms with Gasteiger partial charge in [0.25, 0.3) is 10.2 Å². The van der Waals surface area contributed by atoms with Crippen molar-refractivity contribution < 1.29 is 22.3 Å². The fourth-order valence-corrected chi connectivity index (χ4v) is 3.85. The first-order chi connectivity index (χ1) is 11.8. The van der Waals surface area contributed by atoms with E-state index in [4.69, 9.17) is 4.74 Å². The summed E-state index contributed by atoms with van der Waals surface area (Å²) in [5.41, 5.74) is 0.560. The highest BCUT2D eigenvalue weighted by Crippen LogP contribution is 2.19. The number of amides is 1. The molecule has 0 aromatic heterocycles. The second-order valence-electron chi connectivity index (χ2n) is 6.07. The van der Waals surface area contributed by atoms with Crippen molar-refractivity contribution in [3.05, 3.63) is 29.6 Å². The quantitative estimate of drug-likeness (QED) is 0.763. The molecule has 1 aliphatic rings. The maximum Gasteiger partial charge on any atom is 0.281 e. The van der Waals surface area contributed by atoms with Gasteiger partial charge in [-0.1, -0.05) is 6.07 Å². The monoisotopic (exact) mass is 373 g/mol. The summed E-state index contributed by atoms with van der Waals surface area (Å²) in [6, 6.07) is 4.43. The first-order valence-electron chi connectivity index (χ1n) is 8.03. The van der Waals surface area contributed by atoms with E-state index in [1.54, 1.807) is 11.0 Å². The molecule has 1 heterocycles. The van der Waals surface area contributed by atoms with Crippen molar-refractivity contribution in [3.63, 3.8) is 0 Å². The van der Waals surface area contributed by atoms with Crippen molar-refractivity contribution in [1.29, 1.82) is 0 Å². The molecule has 1 aromatic carbocycles. The molecule has 0 atom stereocenters. The van der Waals surface area contributed by atoms with E-state index in [9.17, 15) is 17.6 Å². The lowest BCUT2D eigenvalue weighted by Gasteiger charge is -2.24. The Morgan fingerprint density at radius 1 is 1.24 bits per heavy atom. The number of benzene rings is 1. The molecular formula is C16H24FN3O4S. The van der Waals surface area contributed by atoms with Gasteiger partial charge in [-0.3, -0.25) is 4.79 Å². The highest BCUT2D eigenvalue weighted by molar-refractivity contribution is 7.86. The van der Waals surface area contributed by atoms with Gasteiger partial charge in [-0.25, -0.2) is 4.39 Å². The Morgan fingerprint density at radius 2 is 1.96 bits per heavy atom. The van der Waals surface area contributed by atoms with Crippen molar-refractivity contribution in [1.82, 2.24) is 13.5 Å². The summed E-state index contributed by atoms with van der Waals surface area (Å²) in [4.78, 5) is 14.1. The highest BCUT2D eigenvalue weighted by atomic mass is 32.2. The molecular weight excluding hydrogens is 349 g/mol. The number of ether oxygens (including phenoxy) is 1. The number of halogens is 1. The van der Waals surface area contributed by atoms with Crippen LogP contribution in [-0.2, 0) is 21.4 Å². The Bertz CT molecular complexity index is 724. The lowest BCUT2D eigenvalue weighted by atomic mass is 10.1. The summed E-state index contributed by atoms with van der Waals surface area (Å²) < 4.78 is 45.6. The molecule has 0 unspecified atom stereocenters. The van der Waals surface area contributed by atoms with Crippen molar-refractivity contribution in [2.75, 3.05) is 47.4 Å². The molecule has 25 heavy (non-hydrogen) atoms. The Balaban J connectivity index is 2.00. The van der Waals surface area contributed by atoms with Crippen LogP contribution in [0.2, 0.25) is 0 Å². The van der Waals surface area contributed by atoms with E-state index in [0.717, 1.165) is 0 Å². The molecule has 0 spiro atoms. The minimum absolute atomic E-state index is 0.0708. The fraction of sp³-hybridized carbons (Fsp3) is 0.562. The number of carbonyl (C=O) groups is 1. The summed E-state index contributed by atoms with van der Waals surface area (Å²) in [7, 11) is 0.878. The average molecular weight is 373 g/mol. The third-order valence-electron chi connectivity index (χ3n) is 4.17. The molecule has 1 aromatic rings. The van der Waals surface area contributed by atoms with E-state index in [-0.39, 0.29) is 24.6 Å². The normalized spacial score (nSPS) is 16.8. The fourth-order valence-electron chi connectivity index (χ4n) is 2.71. The van der Waals surface area contributed by atoms with Crippen LogP contribution in [0.4, 0.5) is 4.39 Å². The van der Waals surface area contributed by atoms with E-state index in [1.165, 1.54) is 41.9 Å². The summed E-state index contributed by atoms with van der Waals surface area (Å²) >= 11 is 0. The van der Waals surface area contributed by atoms with Crippen molar-refractivity contribution in [2.45, 2.75) is 12.8 Å². The number of rotatable bonds is 5. The largest absolute Gasteiger partial charge is 0.494 e. The van der Waals surface area contributed by atoms with Gasteiger partial charge in [0, 0.05) is 40.3 Å². The first kappa shape index (κ1) is 19.6. The molecule has 2 rings (SSSR count). The molecule has 0 saturated carbocycles.